The van der Waals surface area contributed by atoms with Crippen LogP contribution in [-0.2, 0) is 6.42 Å². The predicted molar refractivity (Wildman–Crippen MR) is 80.6 cm³/mol. The van der Waals surface area contributed by atoms with Crippen LogP contribution in [0.5, 0.6) is 5.75 Å². The highest BCUT2D eigenvalue weighted by Gasteiger charge is 2.23. The summed E-state index contributed by atoms with van der Waals surface area (Å²) in [4.78, 5) is 0. The number of hydrogen-bond donors (Lipinski definition) is 1. The van der Waals surface area contributed by atoms with Crippen molar-refractivity contribution in [1.29, 1.82) is 0 Å². The monoisotopic (exact) mass is 266 g/mol. The van der Waals surface area contributed by atoms with Crippen LogP contribution in [-0.4, -0.2) is 17.8 Å². The van der Waals surface area contributed by atoms with Crippen molar-refractivity contribution >= 4 is 6.08 Å². The van der Waals surface area contributed by atoms with Crippen LogP contribution in [0.15, 0.2) is 60.7 Å². The molecule has 2 aromatic carbocycles. The normalized spacial score (nSPS) is 18.1. The van der Waals surface area contributed by atoms with E-state index in [2.05, 4.69) is 18.2 Å². The molecule has 0 aliphatic carbocycles. The first kappa shape index (κ1) is 12.9. The van der Waals surface area contributed by atoms with Gasteiger partial charge in [0.05, 0.1) is 6.61 Å². The molecule has 3 rings (SSSR count). The number of rotatable bonds is 4. The Morgan fingerprint density at radius 2 is 1.75 bits per heavy atom. The third-order valence-electron chi connectivity index (χ3n) is 3.69. The topological polar surface area (TPSA) is 29.5 Å². The molecule has 2 aromatic rings. The molecule has 0 saturated carbocycles. The number of para-hydroxylation sites is 1. The summed E-state index contributed by atoms with van der Waals surface area (Å²) in [5.74, 6) is 0.966. The van der Waals surface area contributed by atoms with Crippen LogP contribution >= 0.6 is 0 Å². The van der Waals surface area contributed by atoms with Gasteiger partial charge < -0.3 is 9.84 Å². The fourth-order valence-corrected chi connectivity index (χ4v) is 2.56. The number of aliphatic hydroxyl groups is 1. The van der Waals surface area contributed by atoms with Gasteiger partial charge in [0.2, 0.25) is 0 Å². The first-order valence-corrected chi connectivity index (χ1v) is 6.95. The van der Waals surface area contributed by atoms with E-state index in [1.165, 1.54) is 5.56 Å². The maximum absolute atomic E-state index is 9.67. The summed E-state index contributed by atoms with van der Waals surface area (Å²) in [6.07, 6.45) is 4.87. The molecule has 0 amide bonds. The fourth-order valence-electron chi connectivity index (χ4n) is 2.56. The second-order valence-electron chi connectivity index (χ2n) is 5.11. The van der Waals surface area contributed by atoms with Crippen molar-refractivity contribution in [2.45, 2.75) is 12.5 Å². The Bertz CT molecular complexity index is 589. The van der Waals surface area contributed by atoms with Crippen molar-refractivity contribution in [3.05, 3.63) is 71.8 Å². The van der Waals surface area contributed by atoms with Crippen molar-refractivity contribution < 1.29 is 9.84 Å². The Kier molecular flexibility index (Phi) is 3.84. The molecular weight excluding hydrogens is 248 g/mol. The first-order chi connectivity index (χ1) is 9.86. The van der Waals surface area contributed by atoms with Crippen molar-refractivity contribution in [3.63, 3.8) is 0 Å². The van der Waals surface area contributed by atoms with Gasteiger partial charge in [-0.1, -0.05) is 54.6 Å². The van der Waals surface area contributed by atoms with Crippen molar-refractivity contribution in [2.75, 3.05) is 6.61 Å². The predicted octanol–water partition coefficient (Wildman–Crippen LogP) is 3.31. The SMILES string of the molecule is OC[C@H](Cc1ccccc1)[C@H]1C=Cc2ccccc2O1. The summed E-state index contributed by atoms with van der Waals surface area (Å²) in [6, 6.07) is 18.2. The number of aliphatic hydroxyl groups excluding tert-OH is 1. The minimum atomic E-state index is -0.0740. The number of fused-ring (bicyclic) bond motifs is 1. The van der Waals surface area contributed by atoms with Gasteiger partial charge in [-0.2, -0.15) is 0 Å². The lowest BCUT2D eigenvalue weighted by atomic mass is 9.92. The Hall–Kier alpha value is -2.06. The van der Waals surface area contributed by atoms with Crippen LogP contribution in [0.2, 0.25) is 0 Å². The first-order valence-electron chi connectivity index (χ1n) is 6.95. The fraction of sp³-hybridized carbons (Fsp3) is 0.222. The molecule has 1 aliphatic rings. The highest BCUT2D eigenvalue weighted by Crippen LogP contribution is 2.29. The number of ether oxygens (including phenoxy) is 1. The summed E-state index contributed by atoms with van der Waals surface area (Å²) < 4.78 is 6.01. The highest BCUT2D eigenvalue weighted by atomic mass is 16.5. The van der Waals surface area contributed by atoms with Gasteiger partial charge in [0.25, 0.3) is 0 Å². The van der Waals surface area contributed by atoms with Crippen LogP contribution in [0.4, 0.5) is 0 Å². The minimum Gasteiger partial charge on any atom is -0.485 e. The zero-order valence-corrected chi connectivity index (χ0v) is 11.3. The highest BCUT2D eigenvalue weighted by molar-refractivity contribution is 5.59. The molecule has 2 atom stereocenters. The van der Waals surface area contributed by atoms with E-state index in [9.17, 15) is 5.11 Å². The Labute approximate surface area is 119 Å². The molecule has 102 valence electrons. The minimum absolute atomic E-state index is 0.0713. The maximum Gasteiger partial charge on any atom is 0.127 e. The van der Waals surface area contributed by atoms with Crippen LogP contribution in [0, 0.1) is 5.92 Å². The average Bonchev–Trinajstić information content (AvgIpc) is 2.53. The number of benzene rings is 2. The van der Waals surface area contributed by atoms with Crippen molar-refractivity contribution in [3.8, 4) is 5.75 Å². The lowest BCUT2D eigenvalue weighted by molar-refractivity contribution is 0.116. The van der Waals surface area contributed by atoms with E-state index in [4.69, 9.17) is 4.74 Å². The lowest BCUT2D eigenvalue weighted by Crippen LogP contribution is -2.31. The molecule has 0 saturated heterocycles. The molecule has 0 unspecified atom stereocenters. The molecule has 1 aliphatic heterocycles. The molecule has 0 spiro atoms. The Balaban J connectivity index is 1.75. The van der Waals surface area contributed by atoms with Crippen molar-refractivity contribution in [1.82, 2.24) is 0 Å². The third-order valence-corrected chi connectivity index (χ3v) is 3.69. The summed E-state index contributed by atoms with van der Waals surface area (Å²) in [6.45, 7) is 0.117. The zero-order valence-electron chi connectivity index (χ0n) is 11.3. The standard InChI is InChI=1S/C18H18O2/c19-13-16(12-14-6-2-1-3-7-14)18-11-10-15-8-4-5-9-17(15)20-18/h1-11,16,18-19H,12-13H2/t16-,18+/m0/s1. The quantitative estimate of drug-likeness (QED) is 0.920. The second kappa shape index (κ2) is 5.93. The Morgan fingerprint density at radius 1 is 1.00 bits per heavy atom. The van der Waals surface area contributed by atoms with E-state index in [0.29, 0.717) is 0 Å². The summed E-state index contributed by atoms with van der Waals surface area (Å²) in [5, 5.41) is 9.67. The second-order valence-corrected chi connectivity index (χ2v) is 5.11. The van der Waals surface area contributed by atoms with Gasteiger partial charge in [0.1, 0.15) is 11.9 Å². The van der Waals surface area contributed by atoms with E-state index in [0.717, 1.165) is 17.7 Å². The molecule has 2 heteroatoms. The molecule has 0 aromatic heterocycles. The smallest absolute Gasteiger partial charge is 0.127 e. The van der Waals surface area contributed by atoms with E-state index in [1.54, 1.807) is 0 Å². The van der Waals surface area contributed by atoms with Crippen LogP contribution < -0.4 is 4.74 Å². The van der Waals surface area contributed by atoms with Gasteiger partial charge in [-0.25, -0.2) is 0 Å². The van der Waals surface area contributed by atoms with Gasteiger partial charge in [0.15, 0.2) is 0 Å². The van der Waals surface area contributed by atoms with Crippen molar-refractivity contribution in [2.24, 2.45) is 5.92 Å². The van der Waals surface area contributed by atoms with Gasteiger partial charge in [-0.3, -0.25) is 0 Å². The van der Waals surface area contributed by atoms with Gasteiger partial charge >= 0.3 is 0 Å². The maximum atomic E-state index is 9.67. The third kappa shape index (κ3) is 2.75. The molecule has 20 heavy (non-hydrogen) atoms. The molecule has 1 N–H and O–H groups in total. The van der Waals surface area contributed by atoms with Crippen LogP contribution in [0.25, 0.3) is 6.08 Å². The van der Waals surface area contributed by atoms with E-state index < -0.39 is 0 Å². The lowest BCUT2D eigenvalue weighted by Gasteiger charge is -2.27. The average molecular weight is 266 g/mol. The summed E-state index contributed by atoms with van der Waals surface area (Å²) in [5.41, 5.74) is 2.32. The Morgan fingerprint density at radius 3 is 2.55 bits per heavy atom. The molecule has 2 nitrogen and oxygen atoms in total. The van der Waals surface area contributed by atoms with E-state index >= 15 is 0 Å². The zero-order chi connectivity index (χ0) is 13.8. The molecule has 0 radical (unpaired) electrons. The number of hydrogen-bond acceptors (Lipinski definition) is 2. The molecule has 0 fully saturated rings. The van der Waals surface area contributed by atoms with Gasteiger partial charge in [0, 0.05) is 11.5 Å². The molecular formula is C18H18O2. The van der Waals surface area contributed by atoms with E-state index in [-0.39, 0.29) is 18.6 Å². The van der Waals surface area contributed by atoms with E-state index in [1.807, 2.05) is 48.5 Å². The van der Waals surface area contributed by atoms with Gasteiger partial charge in [-0.05, 0) is 24.1 Å². The molecule has 0 bridgehead atoms. The largest absolute Gasteiger partial charge is 0.485 e. The summed E-state index contributed by atoms with van der Waals surface area (Å²) in [7, 11) is 0. The van der Waals surface area contributed by atoms with Gasteiger partial charge in [-0.15, -0.1) is 0 Å². The van der Waals surface area contributed by atoms with Crippen LogP contribution in [0.1, 0.15) is 11.1 Å². The summed E-state index contributed by atoms with van der Waals surface area (Å²) >= 11 is 0. The molecule has 1 heterocycles. The van der Waals surface area contributed by atoms with Crippen LogP contribution in [0.3, 0.4) is 0 Å².